The van der Waals surface area contributed by atoms with E-state index in [1.807, 2.05) is 24.3 Å². The first-order valence-corrected chi connectivity index (χ1v) is 14.1. The third kappa shape index (κ3) is 6.75. The Labute approximate surface area is 242 Å². The number of aliphatic carboxylic acids is 1. The Kier molecular flexibility index (Phi) is 9.10. The van der Waals surface area contributed by atoms with E-state index < -0.39 is 41.8 Å². The van der Waals surface area contributed by atoms with E-state index in [0.29, 0.717) is 38.0 Å². The van der Waals surface area contributed by atoms with Crippen LogP contribution in [0.1, 0.15) is 36.0 Å². The van der Waals surface area contributed by atoms with Crippen molar-refractivity contribution in [2.24, 2.45) is 0 Å². The highest BCUT2D eigenvalue weighted by Gasteiger charge is 2.44. The third-order valence-electron chi connectivity index (χ3n) is 7.77. The van der Waals surface area contributed by atoms with Gasteiger partial charge in [0.2, 0.25) is 23.6 Å². The smallest absolute Gasteiger partial charge is 0.303 e. The van der Waals surface area contributed by atoms with Crippen LogP contribution < -0.4 is 37.2 Å². The molecule has 0 radical (unpaired) electrons. The molecular formula is C29H35N7O6. The van der Waals surface area contributed by atoms with Crippen LogP contribution in [0.15, 0.2) is 48.5 Å². The predicted octanol–water partition coefficient (Wildman–Crippen LogP) is -0.935. The van der Waals surface area contributed by atoms with Gasteiger partial charge in [0.05, 0.1) is 18.2 Å². The molecule has 13 heteroatoms. The second-order valence-corrected chi connectivity index (χ2v) is 10.8. The number of amides is 4. The van der Waals surface area contributed by atoms with E-state index in [1.165, 1.54) is 4.90 Å². The molecule has 0 aliphatic carbocycles. The van der Waals surface area contributed by atoms with Gasteiger partial charge in [-0.25, -0.2) is 10.9 Å². The second kappa shape index (κ2) is 13.1. The number of carbonyl (C=O) groups excluding carboxylic acids is 4. The number of carbonyl (C=O) groups is 5. The number of para-hydroxylation sites is 1. The van der Waals surface area contributed by atoms with Gasteiger partial charge in [0.1, 0.15) is 18.1 Å². The van der Waals surface area contributed by atoms with Crippen LogP contribution in [-0.2, 0) is 43.2 Å². The van der Waals surface area contributed by atoms with Crippen LogP contribution in [0, 0.1) is 0 Å². The standard InChI is InChI=1S/C29H35N7O6/c37-24(13-17-5-2-1-3-6-17)32-21(11-12-25(38)39)27(40)33-22-10-9-18-7-4-8-19-14-23(36(26(18)19)29(22)42)28(41)30-15-20-16-31-35-34-20/h1-8,20-23,31,34-35H,9-16H2,(H,30,41)(H,32,37)(H,33,40)(H,38,39)/t20?,21-,22-,23-/m0/s1. The van der Waals surface area contributed by atoms with Crippen molar-refractivity contribution >= 4 is 35.3 Å². The summed E-state index contributed by atoms with van der Waals surface area (Å²) in [7, 11) is 0. The molecule has 7 N–H and O–H groups in total. The number of anilines is 1. The van der Waals surface area contributed by atoms with Crippen molar-refractivity contribution in [3.05, 3.63) is 65.2 Å². The van der Waals surface area contributed by atoms with Crippen molar-refractivity contribution in [2.75, 3.05) is 18.0 Å². The average molecular weight is 578 g/mol. The van der Waals surface area contributed by atoms with Crippen molar-refractivity contribution in [1.29, 1.82) is 0 Å². The van der Waals surface area contributed by atoms with Gasteiger partial charge in [0.15, 0.2) is 0 Å². The molecule has 0 spiro atoms. The topological polar surface area (TPSA) is 181 Å². The molecule has 1 fully saturated rings. The Morgan fingerprint density at radius 1 is 1.05 bits per heavy atom. The highest BCUT2D eigenvalue weighted by atomic mass is 16.4. The first-order valence-electron chi connectivity index (χ1n) is 14.1. The minimum absolute atomic E-state index is 0.0139. The van der Waals surface area contributed by atoms with Crippen LogP contribution in [0.25, 0.3) is 0 Å². The Morgan fingerprint density at radius 2 is 1.83 bits per heavy atom. The van der Waals surface area contributed by atoms with Gasteiger partial charge in [-0.3, -0.25) is 28.9 Å². The van der Waals surface area contributed by atoms with Crippen LogP contribution in [0.2, 0.25) is 0 Å². The Morgan fingerprint density at radius 3 is 2.57 bits per heavy atom. The van der Waals surface area contributed by atoms with Gasteiger partial charge in [-0.2, -0.15) is 5.53 Å². The second-order valence-electron chi connectivity index (χ2n) is 10.8. The average Bonchev–Trinajstić information content (AvgIpc) is 3.61. The maximum absolute atomic E-state index is 14.0. The fraction of sp³-hybridized carbons (Fsp3) is 0.414. The molecule has 1 unspecified atom stereocenters. The molecule has 0 bridgehead atoms. The van der Waals surface area contributed by atoms with E-state index >= 15 is 0 Å². The van der Waals surface area contributed by atoms with Crippen LogP contribution in [-0.4, -0.2) is 72.0 Å². The molecule has 13 nitrogen and oxygen atoms in total. The monoisotopic (exact) mass is 577 g/mol. The molecule has 2 aromatic carbocycles. The summed E-state index contributed by atoms with van der Waals surface area (Å²) in [5.41, 5.74) is 12.0. The van der Waals surface area contributed by atoms with Gasteiger partial charge in [-0.15, -0.1) is 0 Å². The minimum atomic E-state index is -1.15. The van der Waals surface area contributed by atoms with Crippen molar-refractivity contribution in [2.45, 2.75) is 62.7 Å². The van der Waals surface area contributed by atoms with Crippen LogP contribution in [0.4, 0.5) is 5.69 Å². The summed E-state index contributed by atoms with van der Waals surface area (Å²) >= 11 is 0. The fourth-order valence-electron chi connectivity index (χ4n) is 5.65. The van der Waals surface area contributed by atoms with Gasteiger partial charge >= 0.3 is 5.97 Å². The lowest BCUT2D eigenvalue weighted by Crippen LogP contribution is -2.57. The lowest BCUT2D eigenvalue weighted by molar-refractivity contribution is -0.138. The van der Waals surface area contributed by atoms with Crippen LogP contribution >= 0.6 is 0 Å². The van der Waals surface area contributed by atoms with E-state index in [2.05, 4.69) is 32.3 Å². The Balaban J connectivity index is 1.30. The molecule has 42 heavy (non-hydrogen) atoms. The minimum Gasteiger partial charge on any atom is -0.481 e. The van der Waals surface area contributed by atoms with E-state index in [-0.39, 0.29) is 31.2 Å². The molecule has 0 aromatic heterocycles. The van der Waals surface area contributed by atoms with Gasteiger partial charge in [0.25, 0.3) is 0 Å². The number of nitrogens with zero attached hydrogens (tertiary/aromatic N) is 1. The summed E-state index contributed by atoms with van der Waals surface area (Å²) in [6, 6.07) is 11.8. The Bertz CT molecular complexity index is 1350. The zero-order valence-corrected chi connectivity index (χ0v) is 23.0. The number of rotatable bonds is 11. The summed E-state index contributed by atoms with van der Waals surface area (Å²) in [5, 5.41) is 17.6. The molecule has 3 aliphatic heterocycles. The van der Waals surface area contributed by atoms with Gasteiger partial charge < -0.3 is 21.1 Å². The maximum Gasteiger partial charge on any atom is 0.303 e. The first-order chi connectivity index (χ1) is 20.3. The van der Waals surface area contributed by atoms with Crippen molar-refractivity contribution in [3.63, 3.8) is 0 Å². The molecule has 1 saturated heterocycles. The summed E-state index contributed by atoms with van der Waals surface area (Å²) < 4.78 is 0. The molecule has 5 rings (SSSR count). The maximum atomic E-state index is 14.0. The van der Waals surface area contributed by atoms with Gasteiger partial charge in [0, 0.05) is 25.9 Å². The molecular weight excluding hydrogens is 542 g/mol. The molecule has 222 valence electrons. The van der Waals surface area contributed by atoms with Gasteiger partial charge in [-0.05, 0) is 36.0 Å². The summed E-state index contributed by atoms with van der Waals surface area (Å²) in [5.74, 6) is -2.89. The lowest BCUT2D eigenvalue weighted by Gasteiger charge is -2.29. The fourth-order valence-corrected chi connectivity index (χ4v) is 5.65. The number of benzene rings is 2. The first kappa shape index (κ1) is 29.2. The number of hydrogen-bond acceptors (Lipinski definition) is 8. The van der Waals surface area contributed by atoms with Crippen LogP contribution in [0.5, 0.6) is 0 Å². The quantitative estimate of drug-likeness (QED) is 0.177. The summed E-state index contributed by atoms with van der Waals surface area (Å²) in [6.45, 7) is 0.978. The molecule has 0 saturated carbocycles. The Hall–Kier alpha value is -4.33. The molecule has 3 heterocycles. The van der Waals surface area contributed by atoms with E-state index in [1.54, 1.807) is 24.3 Å². The summed E-state index contributed by atoms with van der Waals surface area (Å²) in [6.07, 6.45) is 0.679. The molecule has 4 amide bonds. The molecule has 3 aliphatic rings. The SMILES string of the molecule is O=C(O)CC[C@H](NC(=O)Cc1ccccc1)C(=O)N[C@H]1CCc2cccc3c2N(C1=O)[C@H](C(=O)NCC1CNNN1)C3. The van der Waals surface area contributed by atoms with E-state index in [9.17, 15) is 29.1 Å². The number of hydrazine groups is 2. The van der Waals surface area contributed by atoms with Gasteiger partial charge in [-0.1, -0.05) is 48.5 Å². The molecule has 2 aromatic rings. The zero-order chi connectivity index (χ0) is 29.6. The number of nitrogens with one attached hydrogen (secondary N) is 6. The van der Waals surface area contributed by atoms with Crippen molar-refractivity contribution in [1.82, 2.24) is 32.3 Å². The third-order valence-corrected chi connectivity index (χ3v) is 7.77. The largest absolute Gasteiger partial charge is 0.481 e. The lowest BCUT2D eigenvalue weighted by atomic mass is 10.0. The number of carboxylic acid groups (broad SMARTS) is 1. The highest BCUT2D eigenvalue weighted by molar-refractivity contribution is 6.08. The zero-order valence-electron chi connectivity index (χ0n) is 23.0. The van der Waals surface area contributed by atoms with Crippen molar-refractivity contribution in [3.8, 4) is 0 Å². The highest BCUT2D eigenvalue weighted by Crippen LogP contribution is 2.39. The summed E-state index contributed by atoms with van der Waals surface area (Å²) in [4.78, 5) is 66.2. The van der Waals surface area contributed by atoms with Crippen LogP contribution in [0.3, 0.4) is 0 Å². The molecule has 4 atom stereocenters. The van der Waals surface area contributed by atoms with E-state index in [0.717, 1.165) is 16.7 Å². The normalized spacial score (nSPS) is 21.7. The number of aryl methyl sites for hydroxylation is 1. The van der Waals surface area contributed by atoms with E-state index in [4.69, 9.17) is 0 Å². The van der Waals surface area contributed by atoms with Crippen molar-refractivity contribution < 1.29 is 29.1 Å². The number of hydrogen-bond donors (Lipinski definition) is 7. The number of carboxylic acids is 1. The predicted molar refractivity (Wildman–Crippen MR) is 152 cm³/mol.